The number of alkyl halides is 1. The number of halogens is 1. The lowest BCUT2D eigenvalue weighted by molar-refractivity contribution is -0.164. The van der Waals surface area contributed by atoms with E-state index in [4.69, 9.17) is 25.9 Å². The fourth-order valence-electron chi connectivity index (χ4n) is 4.97. The van der Waals surface area contributed by atoms with Crippen LogP contribution in [0.15, 0.2) is 76.7 Å². The highest BCUT2D eigenvalue weighted by molar-refractivity contribution is 8.00. The number of hydrogen-bond acceptors (Lipinski definition) is 11. The van der Waals surface area contributed by atoms with Crippen molar-refractivity contribution in [1.29, 1.82) is 0 Å². The van der Waals surface area contributed by atoms with Crippen LogP contribution in [0.2, 0.25) is 0 Å². The Morgan fingerprint density at radius 3 is 2.33 bits per heavy atom. The van der Waals surface area contributed by atoms with Crippen LogP contribution in [0.3, 0.4) is 0 Å². The number of ether oxygens (including phenoxy) is 2. The van der Waals surface area contributed by atoms with Crippen molar-refractivity contribution >= 4 is 64.2 Å². The minimum Gasteiger partial charge on any atom is -0.457 e. The van der Waals surface area contributed by atoms with Gasteiger partial charge in [0.15, 0.2) is 11.8 Å². The van der Waals surface area contributed by atoms with Gasteiger partial charge in [0.1, 0.15) is 28.1 Å². The maximum atomic E-state index is 13.8. The molecule has 0 spiro atoms. The molecule has 5 rings (SSSR count). The molecule has 3 heterocycles. The molecule has 3 atom stereocenters. The predicted octanol–water partition coefficient (Wildman–Crippen LogP) is 4.16. The predicted molar refractivity (Wildman–Crippen MR) is 174 cm³/mol. The van der Waals surface area contributed by atoms with Gasteiger partial charge in [-0.05, 0) is 31.9 Å². The van der Waals surface area contributed by atoms with Crippen LogP contribution in [-0.4, -0.2) is 81.1 Å². The largest absolute Gasteiger partial charge is 0.457 e. The number of carbonyl (C=O) groups is 4. The van der Waals surface area contributed by atoms with E-state index in [0.29, 0.717) is 0 Å². The second-order valence-electron chi connectivity index (χ2n) is 11.8. The van der Waals surface area contributed by atoms with Crippen LogP contribution < -0.4 is 5.32 Å². The topological polar surface area (TPSA) is 136 Å². The number of fused-ring (bicyclic) bond motifs is 1. The monoisotopic (exact) mass is 684 g/mol. The van der Waals surface area contributed by atoms with Gasteiger partial charge in [0, 0.05) is 23.6 Å². The summed E-state index contributed by atoms with van der Waals surface area (Å²) in [5, 5.41) is 7.73. The van der Waals surface area contributed by atoms with Crippen molar-refractivity contribution in [2.24, 2.45) is 10.6 Å². The maximum absolute atomic E-state index is 13.8. The molecule has 1 N–H and O–H groups in total. The van der Waals surface area contributed by atoms with Crippen molar-refractivity contribution in [3.8, 4) is 0 Å². The number of esters is 2. The highest BCUT2D eigenvalue weighted by atomic mass is 35.5. The number of hydrogen-bond donors (Lipinski definition) is 1. The van der Waals surface area contributed by atoms with Gasteiger partial charge in [0.25, 0.3) is 5.91 Å². The third kappa shape index (κ3) is 7.54. The molecule has 3 aromatic rings. The summed E-state index contributed by atoms with van der Waals surface area (Å²) in [6.45, 7) is 4.68. The molecule has 2 amide bonds. The Hall–Kier alpha value is -3.94. The third-order valence-electron chi connectivity index (χ3n) is 7.20. The van der Waals surface area contributed by atoms with E-state index in [0.717, 1.165) is 11.1 Å². The van der Waals surface area contributed by atoms with Gasteiger partial charge in [-0.15, -0.1) is 34.7 Å². The number of nitrogens with one attached hydrogen (secondary N) is 1. The fraction of sp³-hybridized carbons (Fsp3) is 0.375. The van der Waals surface area contributed by atoms with E-state index in [-0.39, 0.29) is 35.5 Å². The summed E-state index contributed by atoms with van der Waals surface area (Å²) in [7, 11) is 0. The van der Waals surface area contributed by atoms with Crippen molar-refractivity contribution < 1.29 is 33.5 Å². The summed E-state index contributed by atoms with van der Waals surface area (Å²) < 4.78 is 11.3. The Kier molecular flexibility index (Phi) is 10.3. The van der Waals surface area contributed by atoms with E-state index in [2.05, 4.69) is 15.5 Å². The first kappa shape index (κ1) is 33.4. The summed E-state index contributed by atoms with van der Waals surface area (Å²) in [6.07, 6.45) is -0.655. The highest BCUT2D eigenvalue weighted by Gasteiger charge is 2.58. The van der Waals surface area contributed by atoms with Gasteiger partial charge in [-0.3, -0.25) is 14.4 Å². The smallest absolute Gasteiger partial charge is 0.347 e. The molecule has 1 aromatic heterocycles. The van der Waals surface area contributed by atoms with Gasteiger partial charge >= 0.3 is 11.9 Å². The van der Waals surface area contributed by atoms with Crippen LogP contribution >= 0.6 is 34.7 Å². The third-order valence-corrected chi connectivity index (χ3v) is 9.88. The molecule has 2 aliphatic rings. The number of thiazole rings is 1. The SMILES string of the molecule is CC(C)(C)OC(=O)CON=C(C(=O)NC1C(=O)N2CC(CCl)(C(=O)OC(c3ccccc3)c3ccccc3)CS[C@H]12)c1cscn1. The number of β-lactam (4-membered cyclic amide) rings is 1. The molecule has 0 saturated carbocycles. The number of thioether (sulfide) groups is 1. The number of oxime groups is 1. The van der Waals surface area contributed by atoms with Gasteiger partial charge < -0.3 is 24.5 Å². The first-order chi connectivity index (χ1) is 22.0. The van der Waals surface area contributed by atoms with Gasteiger partial charge in [0.2, 0.25) is 12.5 Å². The zero-order valence-corrected chi connectivity index (χ0v) is 27.8. The van der Waals surface area contributed by atoms with Crippen molar-refractivity contribution in [3.05, 3.63) is 88.4 Å². The Balaban J connectivity index is 1.25. The summed E-state index contributed by atoms with van der Waals surface area (Å²) in [5.41, 5.74) is 1.30. The summed E-state index contributed by atoms with van der Waals surface area (Å²) in [6, 6.07) is 18.0. The van der Waals surface area contributed by atoms with E-state index in [1.54, 1.807) is 26.2 Å². The lowest BCUT2D eigenvalue weighted by Crippen LogP contribution is -2.74. The molecule has 2 aromatic carbocycles. The van der Waals surface area contributed by atoms with Gasteiger partial charge in [-0.1, -0.05) is 65.8 Å². The molecule has 242 valence electrons. The Morgan fingerprint density at radius 1 is 1.11 bits per heavy atom. The number of amides is 2. The number of benzene rings is 2. The van der Waals surface area contributed by atoms with Crippen molar-refractivity contribution in [1.82, 2.24) is 15.2 Å². The molecular weight excluding hydrogens is 652 g/mol. The fourth-order valence-corrected chi connectivity index (χ4v) is 7.44. The molecular formula is C32H33ClN4O7S2. The molecule has 0 radical (unpaired) electrons. The van der Waals surface area contributed by atoms with Crippen LogP contribution in [0.25, 0.3) is 0 Å². The Labute approximate surface area is 279 Å². The van der Waals surface area contributed by atoms with Crippen LogP contribution in [0, 0.1) is 5.41 Å². The molecule has 11 nitrogen and oxygen atoms in total. The van der Waals surface area contributed by atoms with Crippen LogP contribution in [0.1, 0.15) is 43.7 Å². The molecule has 0 aliphatic carbocycles. The van der Waals surface area contributed by atoms with E-state index in [9.17, 15) is 19.2 Å². The number of aromatic nitrogens is 1. The lowest BCUT2D eigenvalue weighted by Gasteiger charge is -2.53. The van der Waals surface area contributed by atoms with Crippen molar-refractivity contribution in [3.63, 3.8) is 0 Å². The molecule has 2 fully saturated rings. The second kappa shape index (κ2) is 14.2. The molecule has 2 aliphatic heterocycles. The quantitative estimate of drug-likeness (QED) is 0.104. The van der Waals surface area contributed by atoms with Gasteiger partial charge in [-0.25, -0.2) is 9.78 Å². The minimum atomic E-state index is -1.15. The normalized spacial score (nSPS) is 21.2. The van der Waals surface area contributed by atoms with Crippen LogP contribution in [-0.2, 0) is 33.5 Å². The molecule has 14 heteroatoms. The molecule has 2 unspecified atom stereocenters. The standard InChI is InChI=1S/C32H33ClN4O7S2/c1-31(2,3)44-23(38)14-42-36-24(22-15-45-19-34-22)27(39)35-25-28(40)37-17-32(16-33,18-46-29(25)37)30(41)43-26(20-10-6-4-7-11-20)21-12-8-5-9-13-21/h4-13,15,19,25-26,29H,14,16-18H2,1-3H3,(H,35,39)/t25?,29-,32?/m1/s1. The molecule has 46 heavy (non-hydrogen) atoms. The molecule has 0 bridgehead atoms. The van der Waals surface area contributed by atoms with E-state index < -0.39 is 53.0 Å². The first-order valence-corrected chi connectivity index (χ1v) is 16.9. The Morgan fingerprint density at radius 2 is 1.76 bits per heavy atom. The first-order valence-electron chi connectivity index (χ1n) is 14.4. The zero-order valence-electron chi connectivity index (χ0n) is 25.4. The zero-order chi connectivity index (χ0) is 32.9. The maximum Gasteiger partial charge on any atom is 0.347 e. The number of carbonyl (C=O) groups excluding carboxylic acids is 4. The summed E-state index contributed by atoms with van der Waals surface area (Å²) in [4.78, 5) is 63.2. The van der Waals surface area contributed by atoms with Gasteiger partial charge in [0.05, 0.1) is 5.51 Å². The minimum absolute atomic E-state index is 0.0422. The number of rotatable bonds is 11. The van der Waals surface area contributed by atoms with Crippen LogP contribution in [0.4, 0.5) is 0 Å². The lowest BCUT2D eigenvalue weighted by atomic mass is 9.88. The highest BCUT2D eigenvalue weighted by Crippen LogP contribution is 2.44. The van der Waals surface area contributed by atoms with Crippen LogP contribution in [0.5, 0.6) is 0 Å². The summed E-state index contributed by atoms with van der Waals surface area (Å²) >= 11 is 9.01. The van der Waals surface area contributed by atoms with Gasteiger partial charge in [-0.2, -0.15) is 0 Å². The van der Waals surface area contributed by atoms with Crippen molar-refractivity contribution in [2.45, 2.75) is 43.9 Å². The van der Waals surface area contributed by atoms with E-state index in [1.165, 1.54) is 33.5 Å². The average molecular weight is 685 g/mol. The Bertz CT molecular complexity index is 1550. The summed E-state index contributed by atoms with van der Waals surface area (Å²) in [5.74, 6) is -2.01. The average Bonchev–Trinajstić information content (AvgIpc) is 3.58. The molecule has 2 saturated heterocycles. The van der Waals surface area contributed by atoms with E-state index in [1.807, 2.05) is 60.7 Å². The van der Waals surface area contributed by atoms with E-state index >= 15 is 0 Å². The number of nitrogens with zero attached hydrogens (tertiary/aromatic N) is 3. The van der Waals surface area contributed by atoms with Crippen molar-refractivity contribution in [2.75, 3.05) is 24.8 Å². The second-order valence-corrected chi connectivity index (χ2v) is 13.9.